The molecule has 1 saturated carbocycles. The van der Waals surface area contributed by atoms with Crippen LogP contribution in [-0.4, -0.2) is 52.7 Å². The fourth-order valence-electron chi connectivity index (χ4n) is 3.93. The number of aromatic nitrogens is 3. The van der Waals surface area contributed by atoms with Crippen LogP contribution in [0, 0.1) is 0 Å². The van der Waals surface area contributed by atoms with Crippen molar-refractivity contribution in [3.8, 4) is 11.5 Å². The predicted octanol–water partition coefficient (Wildman–Crippen LogP) is 1.65. The van der Waals surface area contributed by atoms with Gasteiger partial charge in [-0.15, -0.1) is 10.2 Å². The molecule has 0 amide bonds. The summed E-state index contributed by atoms with van der Waals surface area (Å²) in [6, 6.07) is 6.40. The third-order valence-corrected chi connectivity index (χ3v) is 5.55. The average Bonchev–Trinajstić information content (AvgIpc) is 3.05. The molecule has 1 aromatic carbocycles. The second kappa shape index (κ2) is 5.71. The Hall–Kier alpha value is -2.12. The summed E-state index contributed by atoms with van der Waals surface area (Å²) in [6.07, 6.45) is 4.16. The van der Waals surface area contributed by atoms with Crippen molar-refractivity contribution in [2.75, 3.05) is 33.0 Å². The number of ether oxygens (including phenoxy) is 3. The van der Waals surface area contributed by atoms with Crippen molar-refractivity contribution < 1.29 is 14.2 Å². The lowest BCUT2D eigenvalue weighted by Crippen LogP contribution is -2.43. The molecule has 1 atom stereocenters. The lowest BCUT2D eigenvalue weighted by Gasteiger charge is -2.35. The first-order chi connectivity index (χ1) is 12.2. The minimum absolute atomic E-state index is 0.00574. The monoisotopic (exact) mass is 342 g/mol. The van der Waals surface area contributed by atoms with Crippen LogP contribution in [-0.2, 0) is 17.2 Å². The summed E-state index contributed by atoms with van der Waals surface area (Å²) in [7, 11) is 1.96. The number of benzene rings is 1. The number of aryl methyl sites for hydroxylation is 1. The number of morpholine rings is 1. The summed E-state index contributed by atoms with van der Waals surface area (Å²) in [5.74, 6) is 2.63. The van der Waals surface area contributed by atoms with Gasteiger partial charge in [0, 0.05) is 32.1 Å². The Morgan fingerprint density at radius 2 is 2.12 bits per heavy atom. The first-order valence-corrected chi connectivity index (χ1v) is 8.82. The number of hydrogen-bond acceptors (Lipinski definition) is 6. The van der Waals surface area contributed by atoms with Crippen molar-refractivity contribution in [3.63, 3.8) is 0 Å². The molecule has 2 aliphatic heterocycles. The quantitative estimate of drug-likeness (QED) is 0.842. The summed E-state index contributed by atoms with van der Waals surface area (Å²) in [4.78, 5) is 2.50. The second-order valence-electron chi connectivity index (χ2n) is 7.24. The smallest absolute Gasteiger partial charge is 0.231 e. The van der Waals surface area contributed by atoms with Gasteiger partial charge in [0.1, 0.15) is 12.4 Å². The molecule has 7 heteroatoms. The zero-order chi connectivity index (χ0) is 16.9. The van der Waals surface area contributed by atoms with E-state index in [1.54, 1.807) is 6.33 Å². The molecule has 2 fully saturated rings. The molecule has 1 saturated heterocycles. The van der Waals surface area contributed by atoms with E-state index < -0.39 is 0 Å². The third-order valence-electron chi connectivity index (χ3n) is 5.55. The minimum atomic E-state index is -0.00574. The first-order valence-electron chi connectivity index (χ1n) is 8.82. The fraction of sp³-hybridized carbons (Fsp3) is 0.556. The van der Waals surface area contributed by atoms with Crippen LogP contribution in [0.25, 0.3) is 0 Å². The maximum atomic E-state index is 5.93. The molecule has 3 heterocycles. The third kappa shape index (κ3) is 2.67. The van der Waals surface area contributed by atoms with Crippen LogP contribution >= 0.6 is 0 Å². The zero-order valence-electron chi connectivity index (χ0n) is 14.4. The van der Waals surface area contributed by atoms with E-state index in [0.717, 1.165) is 43.6 Å². The predicted molar refractivity (Wildman–Crippen MR) is 89.6 cm³/mol. The standard InChI is InChI=1S/C18H22N4O3/c1-21-11-19-20-17(21)16-9-22(6-7-23-16)10-18(4-5-18)13-2-3-14-15(8-13)25-12-24-14/h2-3,8,11,16H,4-7,9-10,12H2,1H3. The Bertz CT molecular complexity index is 786. The average molecular weight is 342 g/mol. The Morgan fingerprint density at radius 3 is 2.92 bits per heavy atom. The fourth-order valence-corrected chi connectivity index (χ4v) is 3.93. The second-order valence-corrected chi connectivity index (χ2v) is 7.24. The van der Waals surface area contributed by atoms with Gasteiger partial charge in [0.05, 0.1) is 6.61 Å². The number of nitrogens with zero attached hydrogens (tertiary/aromatic N) is 4. The van der Waals surface area contributed by atoms with E-state index in [1.165, 1.54) is 18.4 Å². The van der Waals surface area contributed by atoms with Crippen LogP contribution < -0.4 is 9.47 Å². The first kappa shape index (κ1) is 15.2. The van der Waals surface area contributed by atoms with Crippen LogP contribution in [0.2, 0.25) is 0 Å². The van der Waals surface area contributed by atoms with E-state index >= 15 is 0 Å². The topological polar surface area (TPSA) is 61.6 Å². The van der Waals surface area contributed by atoms with Crippen molar-refractivity contribution in [1.29, 1.82) is 0 Å². The summed E-state index contributed by atoms with van der Waals surface area (Å²) in [5.41, 5.74) is 1.60. The molecular weight excluding hydrogens is 320 g/mol. The zero-order valence-corrected chi connectivity index (χ0v) is 14.4. The van der Waals surface area contributed by atoms with Gasteiger partial charge in [0.15, 0.2) is 17.3 Å². The maximum absolute atomic E-state index is 5.93. The van der Waals surface area contributed by atoms with Crippen molar-refractivity contribution in [2.45, 2.75) is 24.4 Å². The largest absolute Gasteiger partial charge is 0.454 e. The van der Waals surface area contributed by atoms with E-state index in [4.69, 9.17) is 14.2 Å². The van der Waals surface area contributed by atoms with E-state index in [2.05, 4.69) is 27.2 Å². The molecule has 1 aromatic heterocycles. The highest BCUT2D eigenvalue weighted by Crippen LogP contribution is 2.51. The molecule has 0 N–H and O–H groups in total. The highest BCUT2D eigenvalue weighted by atomic mass is 16.7. The van der Waals surface area contributed by atoms with Gasteiger partial charge in [0.2, 0.25) is 6.79 Å². The minimum Gasteiger partial charge on any atom is -0.454 e. The van der Waals surface area contributed by atoms with Crippen LogP contribution in [0.1, 0.15) is 30.3 Å². The number of rotatable bonds is 4. The van der Waals surface area contributed by atoms with Crippen LogP contribution in [0.5, 0.6) is 11.5 Å². The van der Waals surface area contributed by atoms with Crippen molar-refractivity contribution in [3.05, 3.63) is 35.9 Å². The molecule has 3 aliphatic rings. The molecular formula is C18H22N4O3. The normalized spacial score (nSPS) is 24.4. The van der Waals surface area contributed by atoms with E-state index in [0.29, 0.717) is 6.79 Å². The molecule has 7 nitrogen and oxygen atoms in total. The highest BCUT2D eigenvalue weighted by molar-refractivity contribution is 5.48. The summed E-state index contributed by atoms with van der Waals surface area (Å²) in [5, 5.41) is 8.19. The summed E-state index contributed by atoms with van der Waals surface area (Å²) < 4.78 is 18.9. The summed E-state index contributed by atoms with van der Waals surface area (Å²) >= 11 is 0. The van der Waals surface area contributed by atoms with Gasteiger partial charge < -0.3 is 18.8 Å². The molecule has 1 aliphatic carbocycles. The molecule has 0 radical (unpaired) electrons. The van der Waals surface area contributed by atoms with Gasteiger partial charge in [-0.25, -0.2) is 0 Å². The van der Waals surface area contributed by atoms with Crippen LogP contribution in [0.4, 0.5) is 0 Å². The molecule has 0 bridgehead atoms. The lowest BCUT2D eigenvalue weighted by atomic mass is 9.94. The van der Waals surface area contributed by atoms with Crippen molar-refractivity contribution in [1.82, 2.24) is 19.7 Å². The van der Waals surface area contributed by atoms with Gasteiger partial charge in [-0.3, -0.25) is 4.90 Å². The molecule has 2 aromatic rings. The van der Waals surface area contributed by atoms with Crippen LogP contribution in [0.3, 0.4) is 0 Å². The van der Waals surface area contributed by atoms with E-state index in [1.807, 2.05) is 17.7 Å². The lowest BCUT2D eigenvalue weighted by molar-refractivity contribution is -0.0383. The van der Waals surface area contributed by atoms with Gasteiger partial charge in [0.25, 0.3) is 0 Å². The SMILES string of the molecule is Cn1cnnc1C1CN(CC2(c3ccc4c(c3)OCO4)CC2)CCO1. The maximum Gasteiger partial charge on any atom is 0.231 e. The molecule has 1 unspecified atom stereocenters. The van der Waals surface area contributed by atoms with Crippen molar-refractivity contribution in [2.24, 2.45) is 7.05 Å². The molecule has 5 rings (SSSR count). The number of hydrogen-bond donors (Lipinski definition) is 0. The van der Waals surface area contributed by atoms with Crippen molar-refractivity contribution >= 4 is 0 Å². The molecule has 0 spiro atoms. The summed E-state index contributed by atoms with van der Waals surface area (Å²) in [6.45, 7) is 3.92. The molecule has 25 heavy (non-hydrogen) atoms. The highest BCUT2D eigenvalue weighted by Gasteiger charge is 2.46. The molecule has 132 valence electrons. The number of fused-ring (bicyclic) bond motifs is 1. The Morgan fingerprint density at radius 1 is 1.24 bits per heavy atom. The Balaban J connectivity index is 1.32. The van der Waals surface area contributed by atoms with Gasteiger partial charge >= 0.3 is 0 Å². The van der Waals surface area contributed by atoms with Crippen LogP contribution in [0.15, 0.2) is 24.5 Å². The van der Waals surface area contributed by atoms with Gasteiger partial charge in [-0.1, -0.05) is 6.07 Å². The van der Waals surface area contributed by atoms with Gasteiger partial charge in [-0.2, -0.15) is 0 Å². The van der Waals surface area contributed by atoms with E-state index in [9.17, 15) is 0 Å². The van der Waals surface area contributed by atoms with Gasteiger partial charge in [-0.05, 0) is 30.5 Å². The van der Waals surface area contributed by atoms with E-state index in [-0.39, 0.29) is 11.5 Å². The Kier molecular flexibility index (Phi) is 3.46. The Labute approximate surface area is 146 Å².